The number of hydrogen-bond acceptors (Lipinski definition) is 1. The van der Waals surface area contributed by atoms with E-state index in [0.29, 0.717) is 10.2 Å². The maximum absolute atomic E-state index is 3.83. The molecule has 0 amide bonds. The molecule has 0 nitrogen and oxygen atoms in total. The van der Waals surface area contributed by atoms with Gasteiger partial charge in [0.15, 0.2) is 0 Å². The molecule has 98 valence electrons. The fraction of sp³-hybridized carbons (Fsp3) is 0.714. The third-order valence-corrected chi connectivity index (χ3v) is 6.18. The normalized spacial score (nSPS) is 15.9. The highest BCUT2D eigenvalue weighted by atomic mass is 79.9. The summed E-state index contributed by atoms with van der Waals surface area (Å²) in [6.45, 7) is 11.5. The van der Waals surface area contributed by atoms with Crippen LogP contribution in [0, 0.1) is 18.3 Å². The van der Waals surface area contributed by atoms with Gasteiger partial charge in [-0.1, -0.05) is 43.6 Å². The quantitative estimate of drug-likeness (QED) is 0.508. The van der Waals surface area contributed by atoms with Crippen molar-refractivity contribution in [1.29, 1.82) is 0 Å². The molecule has 1 heterocycles. The van der Waals surface area contributed by atoms with Crippen LogP contribution in [0.25, 0.3) is 0 Å². The van der Waals surface area contributed by atoms with E-state index in [4.69, 9.17) is 0 Å². The zero-order chi connectivity index (χ0) is 13.2. The van der Waals surface area contributed by atoms with Crippen LogP contribution in [0.1, 0.15) is 55.1 Å². The van der Waals surface area contributed by atoms with Crippen molar-refractivity contribution in [1.82, 2.24) is 0 Å². The molecule has 0 radical (unpaired) electrons. The third kappa shape index (κ3) is 5.44. The van der Waals surface area contributed by atoms with Gasteiger partial charge in [-0.05, 0) is 53.1 Å². The van der Waals surface area contributed by atoms with Gasteiger partial charge in [0, 0.05) is 19.1 Å². The lowest BCUT2D eigenvalue weighted by Gasteiger charge is -2.24. The monoisotopic (exact) mass is 380 g/mol. The van der Waals surface area contributed by atoms with Gasteiger partial charge in [0.2, 0.25) is 0 Å². The number of rotatable bonds is 4. The van der Waals surface area contributed by atoms with Crippen LogP contribution in [0.15, 0.2) is 10.5 Å². The van der Waals surface area contributed by atoms with Gasteiger partial charge in [0.25, 0.3) is 0 Å². The first-order valence-electron chi connectivity index (χ1n) is 6.09. The Balaban J connectivity index is 2.57. The largest absolute Gasteiger partial charge is 0.143 e. The Morgan fingerprint density at radius 3 is 2.35 bits per heavy atom. The van der Waals surface area contributed by atoms with Crippen LogP contribution in [0.4, 0.5) is 0 Å². The molecule has 0 fully saturated rings. The summed E-state index contributed by atoms with van der Waals surface area (Å²) < 4.78 is 1.24. The Bertz CT molecular complexity index is 343. The molecule has 3 heteroatoms. The second-order valence-electron chi connectivity index (χ2n) is 6.13. The van der Waals surface area contributed by atoms with Crippen LogP contribution in [-0.2, 0) is 0 Å². The maximum atomic E-state index is 3.83. The van der Waals surface area contributed by atoms with Crippen molar-refractivity contribution in [3.05, 3.63) is 20.3 Å². The lowest BCUT2D eigenvalue weighted by molar-refractivity contribution is 0.297. The minimum atomic E-state index is 0.429. The average Bonchev–Trinajstić information content (AvgIpc) is 2.43. The summed E-state index contributed by atoms with van der Waals surface area (Å²) in [7, 11) is 0. The Morgan fingerprint density at radius 1 is 1.35 bits per heavy atom. The van der Waals surface area contributed by atoms with Crippen LogP contribution in [0.5, 0.6) is 0 Å². The molecule has 17 heavy (non-hydrogen) atoms. The van der Waals surface area contributed by atoms with Gasteiger partial charge >= 0.3 is 0 Å². The van der Waals surface area contributed by atoms with Gasteiger partial charge in [-0.25, -0.2) is 0 Å². The Hall–Kier alpha value is 0.660. The lowest BCUT2D eigenvalue weighted by atomic mass is 9.83. The Morgan fingerprint density at radius 2 is 1.94 bits per heavy atom. The smallest absolute Gasteiger partial charge is 0.0492 e. The van der Waals surface area contributed by atoms with E-state index in [0.717, 1.165) is 5.92 Å². The fourth-order valence-electron chi connectivity index (χ4n) is 2.23. The molecule has 0 saturated carbocycles. The summed E-state index contributed by atoms with van der Waals surface area (Å²) in [6.07, 6.45) is 2.49. The van der Waals surface area contributed by atoms with E-state index in [1.807, 2.05) is 11.3 Å². The van der Waals surface area contributed by atoms with Gasteiger partial charge in [-0.2, -0.15) is 0 Å². The number of aryl methyl sites for hydroxylation is 1. The van der Waals surface area contributed by atoms with E-state index in [2.05, 4.69) is 72.5 Å². The Kier molecular flexibility index (Phi) is 5.74. The molecule has 0 aliphatic rings. The molecule has 0 aromatic carbocycles. The van der Waals surface area contributed by atoms with Crippen molar-refractivity contribution >= 4 is 43.2 Å². The lowest BCUT2D eigenvalue weighted by Crippen LogP contribution is -2.12. The zero-order valence-electron chi connectivity index (χ0n) is 11.3. The second kappa shape index (κ2) is 6.21. The van der Waals surface area contributed by atoms with Crippen molar-refractivity contribution in [2.75, 3.05) is 0 Å². The van der Waals surface area contributed by atoms with Gasteiger partial charge in [-0.3, -0.25) is 0 Å². The van der Waals surface area contributed by atoms with Gasteiger partial charge in [-0.15, -0.1) is 11.3 Å². The van der Waals surface area contributed by atoms with Crippen molar-refractivity contribution in [2.45, 2.75) is 52.3 Å². The van der Waals surface area contributed by atoms with Crippen molar-refractivity contribution in [2.24, 2.45) is 11.3 Å². The van der Waals surface area contributed by atoms with Crippen LogP contribution >= 0.6 is 43.2 Å². The molecule has 0 spiro atoms. The predicted molar refractivity (Wildman–Crippen MR) is 86.3 cm³/mol. The first-order valence-corrected chi connectivity index (χ1v) is 8.61. The molecule has 2 unspecified atom stereocenters. The molecule has 0 aliphatic carbocycles. The van der Waals surface area contributed by atoms with Gasteiger partial charge < -0.3 is 0 Å². The van der Waals surface area contributed by atoms with Crippen LogP contribution < -0.4 is 0 Å². The molecule has 0 bridgehead atoms. The average molecular weight is 382 g/mol. The molecule has 0 N–H and O–H groups in total. The molecule has 1 aromatic rings. The van der Waals surface area contributed by atoms with Crippen LogP contribution in [0.2, 0.25) is 0 Å². The summed E-state index contributed by atoms with van der Waals surface area (Å²) in [4.78, 5) is 3.30. The highest BCUT2D eigenvalue weighted by Crippen LogP contribution is 2.39. The molecule has 2 atom stereocenters. The molecule has 0 saturated heterocycles. The minimum Gasteiger partial charge on any atom is -0.143 e. The predicted octanol–water partition coefficient (Wildman–Crippen LogP) is 6.72. The van der Waals surface area contributed by atoms with Crippen molar-refractivity contribution in [3.8, 4) is 0 Å². The summed E-state index contributed by atoms with van der Waals surface area (Å²) in [5.41, 5.74) is 0.429. The number of halogens is 2. The van der Waals surface area contributed by atoms with E-state index >= 15 is 0 Å². The molecular formula is C14H22Br2S. The van der Waals surface area contributed by atoms with Gasteiger partial charge in [0.05, 0.1) is 0 Å². The topological polar surface area (TPSA) is 0 Å². The highest BCUT2D eigenvalue weighted by molar-refractivity contribution is 9.10. The standard InChI is InChI=1S/C14H22Br2S/c1-9(8-14(3,4)5)6-12(16)13-7-11(15)10(2)17-13/h7,9,12H,6,8H2,1-5H3. The SMILES string of the molecule is Cc1sc(C(Br)CC(C)CC(C)(C)C)cc1Br. The first kappa shape index (κ1) is 15.7. The maximum Gasteiger partial charge on any atom is 0.0492 e. The Labute approximate surface area is 126 Å². The van der Waals surface area contributed by atoms with E-state index in [1.54, 1.807) is 0 Å². The molecular weight excluding hydrogens is 360 g/mol. The number of hydrogen-bond donors (Lipinski definition) is 0. The van der Waals surface area contributed by atoms with Crippen LogP contribution in [0.3, 0.4) is 0 Å². The molecule has 0 aliphatic heterocycles. The van der Waals surface area contributed by atoms with E-state index in [1.165, 1.54) is 27.1 Å². The summed E-state index contributed by atoms with van der Waals surface area (Å²) >= 11 is 9.31. The van der Waals surface area contributed by atoms with Crippen molar-refractivity contribution < 1.29 is 0 Å². The molecule has 1 rings (SSSR count). The number of thiophene rings is 1. The highest BCUT2D eigenvalue weighted by Gasteiger charge is 2.20. The fourth-order valence-corrected chi connectivity index (χ4v) is 4.84. The summed E-state index contributed by atoms with van der Waals surface area (Å²) in [6, 6.07) is 2.25. The number of alkyl halides is 1. The summed E-state index contributed by atoms with van der Waals surface area (Å²) in [5, 5.41) is 0. The van der Waals surface area contributed by atoms with E-state index in [9.17, 15) is 0 Å². The minimum absolute atomic E-state index is 0.429. The second-order valence-corrected chi connectivity index (χ2v) is 9.37. The van der Waals surface area contributed by atoms with Crippen LogP contribution in [-0.4, -0.2) is 0 Å². The van der Waals surface area contributed by atoms with E-state index < -0.39 is 0 Å². The first-order chi connectivity index (χ1) is 7.69. The third-order valence-electron chi connectivity index (χ3n) is 2.76. The summed E-state index contributed by atoms with van der Waals surface area (Å²) in [5.74, 6) is 0.751. The van der Waals surface area contributed by atoms with Gasteiger partial charge in [0.1, 0.15) is 0 Å². The molecule has 1 aromatic heterocycles. The van der Waals surface area contributed by atoms with E-state index in [-0.39, 0.29) is 0 Å². The zero-order valence-corrected chi connectivity index (χ0v) is 15.3. The van der Waals surface area contributed by atoms with Crippen molar-refractivity contribution in [3.63, 3.8) is 0 Å².